The maximum Gasteiger partial charge on any atom is 0.415 e. The topological polar surface area (TPSA) is 55.6 Å². The van der Waals surface area contributed by atoms with Crippen molar-refractivity contribution in [1.82, 2.24) is 4.90 Å². The molecule has 1 heterocycles. The van der Waals surface area contributed by atoms with Crippen molar-refractivity contribution in [3.63, 3.8) is 0 Å². The van der Waals surface area contributed by atoms with Crippen LogP contribution in [0.3, 0.4) is 0 Å². The van der Waals surface area contributed by atoms with Crippen LogP contribution in [0.15, 0.2) is 54.6 Å². The minimum absolute atomic E-state index is 0.0175. The lowest BCUT2D eigenvalue weighted by atomic mass is 9.94. The second-order valence-electron chi connectivity index (χ2n) is 5.17. The van der Waals surface area contributed by atoms with Crippen molar-refractivity contribution in [3.8, 4) is 5.75 Å². The van der Waals surface area contributed by atoms with Crippen molar-refractivity contribution in [2.24, 2.45) is 5.73 Å². The van der Waals surface area contributed by atoms with Crippen LogP contribution in [0.5, 0.6) is 5.75 Å². The highest BCUT2D eigenvalue weighted by molar-refractivity contribution is 5.71. The molecule has 1 unspecified atom stereocenters. The lowest BCUT2D eigenvalue weighted by molar-refractivity contribution is 0.123. The van der Waals surface area contributed by atoms with Gasteiger partial charge in [0, 0.05) is 13.1 Å². The van der Waals surface area contributed by atoms with Gasteiger partial charge in [-0.15, -0.1) is 0 Å². The molecule has 0 radical (unpaired) electrons. The van der Waals surface area contributed by atoms with Gasteiger partial charge in [-0.25, -0.2) is 4.79 Å². The molecular formula is C17H18N2O2. The summed E-state index contributed by atoms with van der Waals surface area (Å²) in [6.45, 7) is 0.974. The molecule has 1 aliphatic rings. The van der Waals surface area contributed by atoms with Crippen LogP contribution in [0.1, 0.15) is 11.1 Å². The van der Waals surface area contributed by atoms with Crippen LogP contribution in [-0.2, 0) is 13.0 Å². The molecule has 21 heavy (non-hydrogen) atoms. The van der Waals surface area contributed by atoms with Gasteiger partial charge in [-0.3, -0.25) is 4.90 Å². The van der Waals surface area contributed by atoms with Gasteiger partial charge in [-0.05, 0) is 29.7 Å². The highest BCUT2D eigenvalue weighted by Gasteiger charge is 2.29. The second kappa shape index (κ2) is 5.97. The average molecular weight is 282 g/mol. The number of fused-ring (bicyclic) bond motifs is 1. The van der Waals surface area contributed by atoms with Crippen molar-refractivity contribution in [2.45, 2.75) is 19.0 Å². The van der Waals surface area contributed by atoms with E-state index in [1.54, 1.807) is 17.0 Å². The Hall–Kier alpha value is -2.33. The van der Waals surface area contributed by atoms with Gasteiger partial charge in [0.05, 0.1) is 6.04 Å². The van der Waals surface area contributed by atoms with Gasteiger partial charge in [-0.1, -0.05) is 42.5 Å². The molecule has 108 valence electrons. The van der Waals surface area contributed by atoms with E-state index in [0.717, 1.165) is 12.0 Å². The van der Waals surface area contributed by atoms with Crippen LogP contribution < -0.4 is 10.5 Å². The third-order valence-electron chi connectivity index (χ3n) is 3.81. The van der Waals surface area contributed by atoms with Crippen LogP contribution in [0, 0.1) is 0 Å². The Morgan fingerprint density at radius 2 is 1.76 bits per heavy atom. The fraction of sp³-hybridized carbons (Fsp3) is 0.235. The number of benzene rings is 2. The predicted octanol–water partition coefficient (Wildman–Crippen LogP) is 2.57. The Morgan fingerprint density at radius 1 is 1.10 bits per heavy atom. The molecule has 0 aliphatic carbocycles. The standard InChI is InChI=1S/C17H18N2O2/c18-11-15-10-13-6-4-5-7-14(13)12-19(15)17(20)21-16-8-2-1-3-9-16/h1-9,15H,10-12,18H2. The molecule has 4 nitrogen and oxygen atoms in total. The zero-order valence-electron chi connectivity index (χ0n) is 11.7. The van der Waals surface area contributed by atoms with Crippen molar-refractivity contribution < 1.29 is 9.53 Å². The summed E-state index contributed by atoms with van der Waals surface area (Å²) in [7, 11) is 0. The third-order valence-corrected chi connectivity index (χ3v) is 3.81. The molecule has 0 aromatic heterocycles. The van der Waals surface area contributed by atoms with Crippen LogP contribution in [0.2, 0.25) is 0 Å². The number of para-hydroxylation sites is 1. The summed E-state index contributed by atoms with van der Waals surface area (Å²) in [6.07, 6.45) is 0.433. The van der Waals surface area contributed by atoms with Crippen molar-refractivity contribution in [1.29, 1.82) is 0 Å². The average Bonchev–Trinajstić information content (AvgIpc) is 2.54. The summed E-state index contributed by atoms with van der Waals surface area (Å²) in [5.41, 5.74) is 8.25. The van der Waals surface area contributed by atoms with Crippen LogP contribution in [0.4, 0.5) is 4.79 Å². The van der Waals surface area contributed by atoms with Gasteiger partial charge in [0.15, 0.2) is 0 Å². The summed E-state index contributed by atoms with van der Waals surface area (Å²) >= 11 is 0. The molecule has 0 spiro atoms. The Kier molecular flexibility index (Phi) is 3.88. The molecule has 2 aromatic carbocycles. The minimum atomic E-state index is -0.342. The van der Waals surface area contributed by atoms with E-state index in [-0.39, 0.29) is 12.1 Å². The van der Waals surface area contributed by atoms with Crippen molar-refractivity contribution in [2.75, 3.05) is 6.54 Å². The van der Waals surface area contributed by atoms with E-state index in [0.29, 0.717) is 18.8 Å². The first-order valence-electron chi connectivity index (χ1n) is 7.08. The zero-order valence-corrected chi connectivity index (χ0v) is 11.7. The maximum atomic E-state index is 12.4. The van der Waals surface area contributed by atoms with Crippen molar-refractivity contribution in [3.05, 3.63) is 65.7 Å². The first-order valence-corrected chi connectivity index (χ1v) is 7.08. The molecular weight excluding hydrogens is 264 g/mol. The number of carbonyl (C=O) groups excluding carboxylic acids is 1. The molecule has 0 saturated carbocycles. The Labute approximate surface area is 124 Å². The van der Waals surface area contributed by atoms with Crippen LogP contribution >= 0.6 is 0 Å². The van der Waals surface area contributed by atoms with Crippen LogP contribution in [0.25, 0.3) is 0 Å². The highest BCUT2D eigenvalue weighted by Crippen LogP contribution is 2.24. The molecule has 3 rings (SSSR count). The van der Waals surface area contributed by atoms with E-state index in [2.05, 4.69) is 6.07 Å². The number of ether oxygens (including phenoxy) is 1. The third kappa shape index (κ3) is 2.90. The van der Waals surface area contributed by atoms with Crippen LogP contribution in [-0.4, -0.2) is 23.6 Å². The number of nitrogens with zero attached hydrogens (tertiary/aromatic N) is 1. The van der Waals surface area contributed by atoms with Gasteiger partial charge in [-0.2, -0.15) is 0 Å². The molecule has 2 aromatic rings. The molecule has 1 atom stereocenters. The fourth-order valence-corrected chi connectivity index (χ4v) is 2.66. The first-order chi connectivity index (χ1) is 10.3. The summed E-state index contributed by atoms with van der Waals surface area (Å²) in [5.74, 6) is 0.553. The van der Waals surface area contributed by atoms with Gasteiger partial charge in [0.1, 0.15) is 5.75 Å². The molecule has 0 bridgehead atoms. The van der Waals surface area contributed by atoms with E-state index in [1.807, 2.05) is 36.4 Å². The smallest absolute Gasteiger partial charge is 0.410 e. The van der Waals surface area contributed by atoms with Gasteiger partial charge < -0.3 is 10.5 Å². The predicted molar refractivity (Wildman–Crippen MR) is 81.0 cm³/mol. The molecule has 4 heteroatoms. The number of amides is 1. The lowest BCUT2D eigenvalue weighted by Gasteiger charge is -2.35. The Balaban J connectivity index is 1.79. The minimum Gasteiger partial charge on any atom is -0.410 e. The fourth-order valence-electron chi connectivity index (χ4n) is 2.66. The number of hydrogen-bond acceptors (Lipinski definition) is 3. The van der Waals surface area contributed by atoms with E-state index < -0.39 is 0 Å². The molecule has 0 fully saturated rings. The number of nitrogens with two attached hydrogens (primary N) is 1. The van der Waals surface area contributed by atoms with E-state index in [1.165, 1.54) is 5.56 Å². The molecule has 1 amide bonds. The maximum absolute atomic E-state index is 12.4. The summed E-state index contributed by atoms with van der Waals surface area (Å²) in [4.78, 5) is 14.1. The summed E-state index contributed by atoms with van der Waals surface area (Å²) in [5, 5.41) is 0. The van der Waals surface area contributed by atoms with Gasteiger partial charge in [0.2, 0.25) is 0 Å². The molecule has 2 N–H and O–H groups in total. The van der Waals surface area contributed by atoms with Gasteiger partial charge >= 0.3 is 6.09 Å². The quantitative estimate of drug-likeness (QED) is 0.921. The van der Waals surface area contributed by atoms with E-state index >= 15 is 0 Å². The SMILES string of the molecule is NCC1Cc2ccccc2CN1C(=O)Oc1ccccc1. The molecule has 1 aliphatic heterocycles. The first kappa shape index (κ1) is 13.6. The van der Waals surface area contributed by atoms with E-state index in [4.69, 9.17) is 10.5 Å². The van der Waals surface area contributed by atoms with Crippen molar-refractivity contribution >= 4 is 6.09 Å². The zero-order chi connectivity index (χ0) is 14.7. The highest BCUT2D eigenvalue weighted by atomic mass is 16.6. The molecule has 0 saturated heterocycles. The number of rotatable bonds is 2. The number of hydrogen-bond donors (Lipinski definition) is 1. The Morgan fingerprint density at radius 3 is 2.48 bits per heavy atom. The lowest BCUT2D eigenvalue weighted by Crippen LogP contribution is -2.49. The van der Waals surface area contributed by atoms with E-state index in [9.17, 15) is 4.79 Å². The largest absolute Gasteiger partial charge is 0.415 e. The number of carbonyl (C=O) groups is 1. The normalized spacial score (nSPS) is 17.2. The summed E-state index contributed by atoms with van der Waals surface area (Å²) in [6, 6.07) is 17.2. The summed E-state index contributed by atoms with van der Waals surface area (Å²) < 4.78 is 5.43. The Bertz CT molecular complexity index is 628. The van der Waals surface area contributed by atoms with Gasteiger partial charge in [0.25, 0.3) is 0 Å². The monoisotopic (exact) mass is 282 g/mol. The second-order valence-corrected chi connectivity index (χ2v) is 5.17.